The number of thiazole rings is 1. The molecule has 0 spiro atoms. The lowest BCUT2D eigenvalue weighted by Crippen LogP contribution is -1.97. The maximum absolute atomic E-state index is 5.82. The van der Waals surface area contributed by atoms with Gasteiger partial charge in [0.25, 0.3) is 5.71 Å². The monoisotopic (exact) mass is 390 g/mol. The summed E-state index contributed by atoms with van der Waals surface area (Å²) in [7, 11) is 0. The molecule has 1 aliphatic rings. The molecule has 0 aliphatic heterocycles. The van der Waals surface area contributed by atoms with Gasteiger partial charge >= 0.3 is 0 Å². The number of nitrogens with zero attached hydrogens (tertiary/aromatic N) is 2. The van der Waals surface area contributed by atoms with Crippen LogP contribution in [0.1, 0.15) is 17.0 Å². The van der Waals surface area contributed by atoms with Gasteiger partial charge in [-0.3, -0.25) is 0 Å². The van der Waals surface area contributed by atoms with Crippen molar-refractivity contribution in [3.63, 3.8) is 0 Å². The van der Waals surface area contributed by atoms with E-state index in [0.29, 0.717) is 11.6 Å². The van der Waals surface area contributed by atoms with E-state index in [9.17, 15) is 0 Å². The molecule has 0 unspecified atom stereocenters. The molecule has 0 fully saturated rings. The van der Waals surface area contributed by atoms with Crippen LogP contribution in [-0.2, 0) is 0 Å². The number of aromatic nitrogens is 2. The largest absolute Gasteiger partial charge is 0.417 e. The Morgan fingerprint density at radius 2 is 1.50 bits per heavy atom. The third-order valence-corrected chi connectivity index (χ3v) is 6.05. The summed E-state index contributed by atoms with van der Waals surface area (Å²) >= 11 is 12.7. The normalized spacial score (nSPS) is 13.5. The number of benzene rings is 2. The number of rotatable bonds is 2. The van der Waals surface area contributed by atoms with Gasteiger partial charge in [0.2, 0.25) is 5.89 Å². The van der Waals surface area contributed by atoms with Gasteiger partial charge in [-0.15, -0.1) is 0 Å². The fraction of sp³-hybridized carbons (Fsp3) is 0. The van der Waals surface area contributed by atoms with Crippen LogP contribution in [0.4, 0.5) is 0 Å². The van der Waals surface area contributed by atoms with Crippen molar-refractivity contribution in [1.82, 2.24) is 9.97 Å². The third-order valence-electron chi connectivity index (χ3n) is 4.19. The average molecular weight is 391 g/mol. The Balaban J connectivity index is 1.53. The smallest absolute Gasteiger partial charge is 0.259 e. The first kappa shape index (κ1) is 15.7. The van der Waals surface area contributed by atoms with E-state index >= 15 is 0 Å². The molecule has 0 bridgehead atoms. The second-order valence-electron chi connectivity index (χ2n) is 5.81. The van der Waals surface area contributed by atoms with Crippen LogP contribution in [0.25, 0.3) is 27.2 Å². The molecule has 4 aromatic rings. The molecule has 0 saturated heterocycles. The zero-order chi connectivity index (χ0) is 17.7. The lowest BCUT2D eigenvalue weighted by atomic mass is 10.1. The van der Waals surface area contributed by atoms with Gasteiger partial charge in [0.05, 0.1) is 9.73 Å². The van der Waals surface area contributed by atoms with Gasteiger partial charge in [-0.1, -0.05) is 90.4 Å². The van der Waals surface area contributed by atoms with Gasteiger partial charge in [-0.05, 0) is 0 Å². The van der Waals surface area contributed by atoms with Gasteiger partial charge in [-0.2, -0.15) is 9.97 Å². The Labute approximate surface area is 164 Å². The molecule has 0 radical (unpaired) electrons. The zero-order valence-electron chi connectivity index (χ0n) is 13.3. The summed E-state index contributed by atoms with van der Waals surface area (Å²) in [6.07, 6.45) is 1.82. The van der Waals surface area contributed by atoms with Crippen molar-refractivity contribution in [2.75, 3.05) is 0 Å². The quantitative estimate of drug-likeness (QED) is 0.334. The maximum Gasteiger partial charge on any atom is 0.259 e. The fourth-order valence-electron chi connectivity index (χ4n) is 2.95. The summed E-state index contributed by atoms with van der Waals surface area (Å²) in [6, 6.07) is 17.9. The van der Waals surface area contributed by atoms with Crippen LogP contribution in [0, 0.1) is 0 Å². The molecule has 0 atom stereocenters. The highest BCUT2D eigenvalue weighted by molar-refractivity contribution is 7.84. The van der Waals surface area contributed by atoms with E-state index in [0.717, 1.165) is 41.8 Å². The van der Waals surface area contributed by atoms with Crippen molar-refractivity contribution in [1.29, 1.82) is 0 Å². The van der Waals surface area contributed by atoms with Gasteiger partial charge in [0.15, 0.2) is 4.83 Å². The Morgan fingerprint density at radius 3 is 2.15 bits per heavy atom. The van der Waals surface area contributed by atoms with Gasteiger partial charge in [0.1, 0.15) is 5.01 Å². The van der Waals surface area contributed by atoms with E-state index in [1.165, 1.54) is 11.3 Å². The molecular formula is C20H10N2OS3. The predicted octanol–water partition coefficient (Wildman–Crippen LogP) is 5.48. The minimum Gasteiger partial charge on any atom is -0.417 e. The van der Waals surface area contributed by atoms with Crippen molar-refractivity contribution < 1.29 is 4.42 Å². The van der Waals surface area contributed by atoms with Gasteiger partial charge in [0, 0.05) is 28.3 Å². The highest BCUT2D eigenvalue weighted by Crippen LogP contribution is 2.33. The summed E-state index contributed by atoms with van der Waals surface area (Å²) in [6.45, 7) is 0. The number of allylic oxidation sites excluding steroid dienone is 1. The van der Waals surface area contributed by atoms with Crippen LogP contribution in [0.2, 0.25) is 0 Å². The topological polar surface area (TPSA) is 38.9 Å². The summed E-state index contributed by atoms with van der Waals surface area (Å²) in [5.41, 5.74) is 4.40. The SMILES string of the molecule is S=C1C(=Cc2nc3sc(-c4ccccc4)nc3o2)C(=S)c2ccccc21. The molecule has 0 saturated carbocycles. The Bertz CT molecular complexity index is 1150. The Kier molecular flexibility index (Phi) is 3.63. The lowest BCUT2D eigenvalue weighted by molar-refractivity contribution is 0.579. The summed E-state index contributed by atoms with van der Waals surface area (Å²) in [5.74, 6) is 0.478. The molecule has 0 amide bonds. The minimum atomic E-state index is 0.478. The second-order valence-corrected chi connectivity index (χ2v) is 7.60. The Morgan fingerprint density at radius 1 is 0.846 bits per heavy atom. The van der Waals surface area contributed by atoms with E-state index in [1.807, 2.05) is 60.7 Å². The van der Waals surface area contributed by atoms with E-state index < -0.39 is 0 Å². The van der Waals surface area contributed by atoms with Crippen molar-refractivity contribution in [3.8, 4) is 10.6 Å². The number of fused-ring (bicyclic) bond motifs is 2. The molecule has 6 heteroatoms. The molecule has 26 heavy (non-hydrogen) atoms. The number of hydrogen-bond donors (Lipinski definition) is 0. The second kappa shape index (κ2) is 6.02. The van der Waals surface area contributed by atoms with E-state index in [1.54, 1.807) is 0 Å². The molecule has 3 nitrogen and oxygen atoms in total. The van der Waals surface area contributed by atoms with Crippen LogP contribution >= 0.6 is 35.8 Å². The molecule has 1 aliphatic carbocycles. The molecule has 5 rings (SSSR count). The summed E-state index contributed by atoms with van der Waals surface area (Å²) < 4.78 is 5.82. The summed E-state index contributed by atoms with van der Waals surface area (Å²) in [4.78, 5) is 11.3. The highest BCUT2D eigenvalue weighted by atomic mass is 32.1. The third kappa shape index (κ3) is 2.46. The van der Waals surface area contributed by atoms with Crippen molar-refractivity contribution in [2.45, 2.75) is 0 Å². The number of hydrogen-bond acceptors (Lipinski definition) is 6. The lowest BCUT2D eigenvalue weighted by Gasteiger charge is -1.96. The van der Waals surface area contributed by atoms with E-state index in [-0.39, 0.29) is 0 Å². The molecule has 0 N–H and O–H groups in total. The maximum atomic E-state index is 5.82. The molecule has 124 valence electrons. The average Bonchev–Trinajstić information content (AvgIpc) is 3.30. The van der Waals surface area contributed by atoms with Crippen molar-refractivity contribution in [2.24, 2.45) is 0 Å². The van der Waals surface area contributed by atoms with Crippen molar-refractivity contribution in [3.05, 3.63) is 77.2 Å². The minimum absolute atomic E-state index is 0.478. The molecule has 2 aromatic heterocycles. The number of thiocarbonyl (C=S) groups is 2. The van der Waals surface area contributed by atoms with Crippen LogP contribution < -0.4 is 0 Å². The van der Waals surface area contributed by atoms with Gasteiger partial charge < -0.3 is 4.42 Å². The zero-order valence-corrected chi connectivity index (χ0v) is 15.8. The van der Waals surface area contributed by atoms with E-state index in [4.69, 9.17) is 28.9 Å². The Hall–Kier alpha value is -2.54. The first-order chi connectivity index (χ1) is 12.7. The van der Waals surface area contributed by atoms with E-state index in [2.05, 4.69) is 9.97 Å². The molecular weight excluding hydrogens is 380 g/mol. The van der Waals surface area contributed by atoms with Crippen molar-refractivity contribution >= 4 is 62.1 Å². The standard InChI is InChI=1S/C20H10N2OS3/c24-16-12-8-4-5-9-13(12)17(25)14(16)10-15-21-20-18(23-15)22-19(26-20)11-6-2-1-3-7-11/h1-10H. The first-order valence-electron chi connectivity index (χ1n) is 7.93. The molecule has 2 heterocycles. The summed E-state index contributed by atoms with van der Waals surface area (Å²) in [5, 5.41) is 0.894. The predicted molar refractivity (Wildman–Crippen MR) is 113 cm³/mol. The van der Waals surface area contributed by atoms with Crippen LogP contribution in [-0.4, -0.2) is 19.7 Å². The van der Waals surface area contributed by atoms with Crippen LogP contribution in [0.5, 0.6) is 0 Å². The fourth-order valence-corrected chi connectivity index (χ4v) is 4.57. The van der Waals surface area contributed by atoms with Crippen LogP contribution in [0.3, 0.4) is 0 Å². The molecule has 2 aromatic carbocycles. The van der Waals surface area contributed by atoms with Gasteiger partial charge in [-0.25, -0.2) is 0 Å². The number of oxazole rings is 1. The first-order valence-corrected chi connectivity index (χ1v) is 9.57. The highest BCUT2D eigenvalue weighted by Gasteiger charge is 2.27. The van der Waals surface area contributed by atoms with Crippen LogP contribution in [0.15, 0.2) is 64.6 Å².